The van der Waals surface area contributed by atoms with Crippen molar-refractivity contribution in [1.29, 1.82) is 0 Å². The minimum absolute atomic E-state index is 0.00140. The van der Waals surface area contributed by atoms with E-state index < -0.39 is 53.1 Å². The van der Waals surface area contributed by atoms with Crippen LogP contribution in [0.1, 0.15) is 45.9 Å². The first kappa shape index (κ1) is 39.2. The Morgan fingerprint density at radius 3 is 2.28 bits per heavy atom. The summed E-state index contributed by atoms with van der Waals surface area (Å²) in [5.41, 5.74) is 9.72. The summed E-state index contributed by atoms with van der Waals surface area (Å²) in [5.74, 6) is -0.490. The van der Waals surface area contributed by atoms with Crippen LogP contribution in [0.15, 0.2) is 95.0 Å². The number of halogens is 8. The fourth-order valence-electron chi connectivity index (χ4n) is 5.53. The highest BCUT2D eigenvalue weighted by molar-refractivity contribution is 6.35. The predicted molar refractivity (Wildman–Crippen MR) is 184 cm³/mol. The van der Waals surface area contributed by atoms with Gasteiger partial charge in [0.1, 0.15) is 5.75 Å². The second-order valence-electron chi connectivity index (χ2n) is 11.7. The standard InChI is InChI=1S/C35H28Cl2F6N6O4/c36-25-8-11-27(28(37)17-25)30-33(18-22-4-1-2-5-29(22)47-49-44,46-31(53-30)21-6-9-26(10-7-21)52-13-3-12-50)32(51)48-45-19-20-14-23(34(38,39)40)16-24(15-20)35(41,42)43/h1-2,4-11,14-17,30,45,50H,3,12-13,18-19H2,(H,48,51)/t30-,33-/m0/s1. The maximum absolute atomic E-state index is 14.5. The third-order valence-electron chi connectivity index (χ3n) is 8.02. The van der Waals surface area contributed by atoms with Crippen LogP contribution in [0.5, 0.6) is 5.75 Å². The van der Waals surface area contributed by atoms with Gasteiger partial charge in [0.05, 0.1) is 17.7 Å². The molecule has 0 fully saturated rings. The number of hydrogen-bond acceptors (Lipinski definition) is 7. The summed E-state index contributed by atoms with van der Waals surface area (Å²) < 4.78 is 93.1. The normalized spacial score (nSPS) is 17.1. The van der Waals surface area contributed by atoms with Gasteiger partial charge < -0.3 is 14.6 Å². The zero-order valence-corrected chi connectivity index (χ0v) is 28.7. The molecule has 0 spiro atoms. The molecule has 3 N–H and O–H groups in total. The van der Waals surface area contributed by atoms with E-state index in [9.17, 15) is 36.7 Å². The van der Waals surface area contributed by atoms with E-state index in [1.54, 1.807) is 42.5 Å². The Kier molecular flexibility index (Phi) is 12.1. The third-order valence-corrected chi connectivity index (χ3v) is 8.58. The molecule has 1 heterocycles. The highest BCUT2D eigenvalue weighted by Crippen LogP contribution is 2.46. The first-order chi connectivity index (χ1) is 25.1. The van der Waals surface area contributed by atoms with E-state index in [0.29, 0.717) is 35.4 Å². The Bertz CT molecular complexity index is 2010. The van der Waals surface area contributed by atoms with E-state index in [1.807, 2.05) is 0 Å². The number of nitrogens with one attached hydrogen (secondary N) is 2. The van der Waals surface area contributed by atoms with Crippen LogP contribution in [0.3, 0.4) is 0 Å². The molecule has 1 aliphatic rings. The van der Waals surface area contributed by atoms with Crippen LogP contribution in [-0.4, -0.2) is 35.7 Å². The quantitative estimate of drug-likeness (QED) is 0.0310. The zero-order valence-electron chi connectivity index (χ0n) is 27.2. The van der Waals surface area contributed by atoms with Crippen molar-refractivity contribution >= 4 is 40.7 Å². The smallest absolute Gasteiger partial charge is 0.416 e. The Balaban J connectivity index is 1.58. The number of aliphatic hydroxyl groups is 1. The molecule has 18 heteroatoms. The SMILES string of the molecule is [N-]=[N+]=Nc1ccccc1C[C@]1(C(=O)NNCc2cc(C(F)(F)F)cc(C(F)(F)F)c2)N=C(c2ccc(OCCCO)cc2)O[C@H]1c1ccc(Cl)cc1Cl. The lowest BCUT2D eigenvalue weighted by atomic mass is 9.81. The van der Waals surface area contributed by atoms with Crippen molar-refractivity contribution in [3.05, 3.63) is 139 Å². The maximum atomic E-state index is 14.5. The number of carbonyl (C=O) groups excluding carboxylic acids is 1. The molecule has 0 saturated heterocycles. The molecular weight excluding hydrogens is 753 g/mol. The Morgan fingerprint density at radius 1 is 0.981 bits per heavy atom. The topological polar surface area (TPSA) is 141 Å². The van der Waals surface area contributed by atoms with Crippen LogP contribution in [-0.2, 0) is 34.8 Å². The molecule has 0 aromatic heterocycles. The molecule has 5 rings (SSSR count). The molecule has 0 bridgehead atoms. The molecule has 0 aliphatic carbocycles. The fourth-order valence-corrected chi connectivity index (χ4v) is 6.03. The number of azide groups is 1. The van der Waals surface area contributed by atoms with Gasteiger partial charge >= 0.3 is 12.4 Å². The number of nitrogens with zero attached hydrogens (tertiary/aromatic N) is 4. The lowest BCUT2D eigenvalue weighted by molar-refractivity contribution is -0.143. The summed E-state index contributed by atoms with van der Waals surface area (Å²) in [5, 5.41) is 13.1. The van der Waals surface area contributed by atoms with Crippen molar-refractivity contribution in [2.24, 2.45) is 10.1 Å². The number of rotatable bonds is 13. The van der Waals surface area contributed by atoms with Crippen molar-refractivity contribution in [1.82, 2.24) is 10.9 Å². The van der Waals surface area contributed by atoms with Crippen molar-refractivity contribution in [3.8, 4) is 5.75 Å². The number of aliphatic imine (C=N–C) groups is 1. The van der Waals surface area contributed by atoms with Crippen LogP contribution >= 0.6 is 23.2 Å². The number of ether oxygens (including phenoxy) is 2. The van der Waals surface area contributed by atoms with Crippen LogP contribution in [0, 0.1) is 0 Å². The van der Waals surface area contributed by atoms with E-state index in [2.05, 4.69) is 20.9 Å². The van der Waals surface area contributed by atoms with Gasteiger partial charge in [-0.2, -0.15) is 26.3 Å². The molecule has 4 aromatic carbocycles. The van der Waals surface area contributed by atoms with Gasteiger partial charge in [-0.05, 0) is 71.3 Å². The van der Waals surface area contributed by atoms with Gasteiger partial charge in [-0.15, -0.1) is 0 Å². The average Bonchev–Trinajstić information content (AvgIpc) is 3.48. The van der Waals surface area contributed by atoms with Gasteiger partial charge in [-0.25, -0.2) is 10.4 Å². The highest BCUT2D eigenvalue weighted by Gasteiger charge is 2.54. The van der Waals surface area contributed by atoms with Crippen molar-refractivity contribution in [2.45, 2.75) is 43.4 Å². The lowest BCUT2D eigenvalue weighted by Crippen LogP contribution is -2.53. The van der Waals surface area contributed by atoms with Crippen LogP contribution in [0.25, 0.3) is 10.4 Å². The van der Waals surface area contributed by atoms with Crippen LogP contribution in [0.2, 0.25) is 10.0 Å². The number of carbonyl (C=O) groups is 1. The lowest BCUT2D eigenvalue weighted by Gasteiger charge is -2.31. The number of benzene rings is 4. The van der Waals surface area contributed by atoms with Crippen molar-refractivity contribution in [3.63, 3.8) is 0 Å². The zero-order chi connectivity index (χ0) is 38.4. The highest BCUT2D eigenvalue weighted by atomic mass is 35.5. The van der Waals surface area contributed by atoms with Crippen molar-refractivity contribution < 1.29 is 45.7 Å². The van der Waals surface area contributed by atoms with Crippen LogP contribution in [0.4, 0.5) is 32.0 Å². The molecule has 0 unspecified atom stereocenters. The molecule has 2 atom stereocenters. The van der Waals surface area contributed by atoms with Gasteiger partial charge in [0.15, 0.2) is 11.6 Å². The van der Waals surface area contributed by atoms with Gasteiger partial charge in [0.25, 0.3) is 5.91 Å². The second kappa shape index (κ2) is 16.4. The maximum Gasteiger partial charge on any atom is 0.416 e. The molecule has 1 aliphatic heterocycles. The number of hydrogen-bond donors (Lipinski definition) is 3. The molecular formula is C35H28Cl2F6N6O4. The Labute approximate surface area is 307 Å². The summed E-state index contributed by atoms with van der Waals surface area (Å²) in [6.45, 7) is -0.470. The predicted octanol–water partition coefficient (Wildman–Crippen LogP) is 9.05. The summed E-state index contributed by atoms with van der Waals surface area (Å²) >= 11 is 12.8. The third kappa shape index (κ3) is 9.33. The summed E-state index contributed by atoms with van der Waals surface area (Å²) in [6.07, 6.45) is -11.4. The summed E-state index contributed by atoms with van der Waals surface area (Å²) in [7, 11) is 0. The first-order valence-electron chi connectivity index (χ1n) is 15.6. The van der Waals surface area contributed by atoms with Crippen molar-refractivity contribution in [2.75, 3.05) is 13.2 Å². The minimum atomic E-state index is -5.08. The number of amides is 1. The minimum Gasteiger partial charge on any atom is -0.494 e. The first-order valence-corrected chi connectivity index (χ1v) is 16.4. The number of aliphatic hydroxyl groups excluding tert-OH is 1. The molecule has 53 heavy (non-hydrogen) atoms. The molecule has 278 valence electrons. The van der Waals surface area contributed by atoms with E-state index in [-0.39, 0.29) is 52.9 Å². The van der Waals surface area contributed by atoms with E-state index in [0.717, 1.165) is 0 Å². The molecule has 1 amide bonds. The Morgan fingerprint density at radius 2 is 1.66 bits per heavy atom. The second-order valence-corrected chi connectivity index (χ2v) is 12.5. The molecule has 10 nitrogen and oxygen atoms in total. The van der Waals surface area contributed by atoms with Gasteiger partial charge in [0, 0.05) is 57.8 Å². The number of alkyl halides is 6. The molecule has 4 aromatic rings. The molecule has 0 radical (unpaired) electrons. The molecule has 0 saturated carbocycles. The van der Waals surface area contributed by atoms with E-state index in [4.69, 9.17) is 42.8 Å². The van der Waals surface area contributed by atoms with Gasteiger partial charge in [0.2, 0.25) is 5.90 Å². The average molecular weight is 782 g/mol. The Hall–Kier alpha value is -4.99. The fraction of sp³-hybridized carbons (Fsp3) is 0.257. The van der Waals surface area contributed by atoms with Gasteiger partial charge in [-0.1, -0.05) is 58.6 Å². The summed E-state index contributed by atoms with van der Waals surface area (Å²) in [4.78, 5) is 22.1. The van der Waals surface area contributed by atoms with Gasteiger partial charge in [-0.3, -0.25) is 10.2 Å². The van der Waals surface area contributed by atoms with E-state index >= 15 is 0 Å². The van der Waals surface area contributed by atoms with E-state index in [1.165, 1.54) is 24.3 Å². The largest absolute Gasteiger partial charge is 0.494 e. The summed E-state index contributed by atoms with van der Waals surface area (Å²) in [6, 6.07) is 18.3. The van der Waals surface area contributed by atoms with Crippen LogP contribution < -0.4 is 15.6 Å². The number of hydrazine groups is 1. The monoisotopic (exact) mass is 780 g/mol.